The van der Waals surface area contributed by atoms with Crippen molar-refractivity contribution in [3.63, 3.8) is 0 Å². The fraction of sp³-hybridized carbons (Fsp3) is 0.455. The average molecular weight is 493 g/mol. The molecule has 2 aromatic carbocycles. The topological polar surface area (TPSA) is 49.8 Å². The fourth-order valence-electron chi connectivity index (χ4n) is 6.33. The molecule has 4 heteroatoms. The maximum absolute atomic E-state index is 5.02. The number of fused-ring (bicyclic) bond motifs is 4. The van der Waals surface area contributed by atoms with E-state index < -0.39 is 0 Å². The molecule has 2 aliphatic carbocycles. The largest absolute Gasteiger partial charge is 0.384 e. The molecule has 0 saturated heterocycles. The van der Waals surface area contributed by atoms with Crippen molar-refractivity contribution in [3.05, 3.63) is 70.0 Å². The average Bonchev–Trinajstić information content (AvgIpc) is 2.92. The number of hydrogen-bond donors (Lipinski definition) is 2. The molecule has 2 aromatic heterocycles. The van der Waals surface area contributed by atoms with Crippen LogP contribution < -0.4 is 10.6 Å². The van der Waals surface area contributed by atoms with Crippen molar-refractivity contribution in [3.8, 4) is 0 Å². The van der Waals surface area contributed by atoms with Crippen LogP contribution in [0.15, 0.2) is 36.4 Å². The van der Waals surface area contributed by atoms with Gasteiger partial charge in [0.1, 0.15) is 0 Å². The molecule has 2 heterocycles. The summed E-state index contributed by atoms with van der Waals surface area (Å²) in [5.41, 5.74) is 13.2. The molecule has 37 heavy (non-hydrogen) atoms. The standard InChI is InChI=1S/C33H40N4/c1-22-14-16-30-26(20-22)32(24-10-4-6-12-28(24)36-30)34-18-8-3-9-19-35-33-25-11-5-7-13-29(25)37-31-17-15-23(2)21-27(31)33/h14-17,20-21H,3-13,18-19H2,1-2H3,(H,34,36)(H,35,37). The van der Waals surface area contributed by atoms with Crippen LogP contribution in [0.1, 0.15) is 78.6 Å². The number of nitrogens with zero attached hydrogens (tertiary/aromatic N) is 2. The van der Waals surface area contributed by atoms with Crippen molar-refractivity contribution in [1.82, 2.24) is 9.97 Å². The Kier molecular flexibility index (Phi) is 6.99. The highest BCUT2D eigenvalue weighted by molar-refractivity contribution is 5.95. The fourth-order valence-corrected chi connectivity index (χ4v) is 6.33. The lowest BCUT2D eigenvalue weighted by molar-refractivity contribution is 0.669. The highest BCUT2D eigenvalue weighted by Gasteiger charge is 2.19. The van der Waals surface area contributed by atoms with Crippen molar-refractivity contribution >= 4 is 33.2 Å². The monoisotopic (exact) mass is 492 g/mol. The highest BCUT2D eigenvalue weighted by Crippen LogP contribution is 2.35. The van der Waals surface area contributed by atoms with Gasteiger partial charge in [0.05, 0.1) is 11.0 Å². The molecule has 0 saturated carbocycles. The third-order valence-electron chi connectivity index (χ3n) is 8.29. The molecule has 2 aliphatic rings. The number of pyridine rings is 2. The molecule has 0 amide bonds. The van der Waals surface area contributed by atoms with Crippen LogP contribution in [0.5, 0.6) is 0 Å². The minimum atomic E-state index is 1.02. The maximum atomic E-state index is 5.02. The van der Waals surface area contributed by atoms with Gasteiger partial charge in [-0.05, 0) is 120 Å². The van der Waals surface area contributed by atoms with Gasteiger partial charge in [0, 0.05) is 46.6 Å². The Morgan fingerprint density at radius 1 is 0.595 bits per heavy atom. The number of benzene rings is 2. The predicted octanol–water partition coefficient (Wildman–Crippen LogP) is 7.85. The van der Waals surface area contributed by atoms with Gasteiger partial charge in [0.25, 0.3) is 0 Å². The van der Waals surface area contributed by atoms with E-state index in [0.29, 0.717) is 0 Å². The van der Waals surface area contributed by atoms with Gasteiger partial charge >= 0.3 is 0 Å². The number of unbranched alkanes of at least 4 members (excludes halogenated alkanes) is 2. The zero-order chi connectivity index (χ0) is 25.2. The van der Waals surface area contributed by atoms with E-state index in [1.165, 1.54) is 101 Å². The molecule has 0 aliphatic heterocycles. The van der Waals surface area contributed by atoms with Gasteiger partial charge in [-0.2, -0.15) is 0 Å². The summed E-state index contributed by atoms with van der Waals surface area (Å²) in [5.74, 6) is 0. The van der Waals surface area contributed by atoms with Crippen LogP contribution in [0.2, 0.25) is 0 Å². The summed E-state index contributed by atoms with van der Waals surface area (Å²) in [5, 5.41) is 10.3. The number of aryl methyl sites for hydroxylation is 4. The Balaban J connectivity index is 1.09. The van der Waals surface area contributed by atoms with Crippen molar-refractivity contribution in [1.29, 1.82) is 0 Å². The minimum absolute atomic E-state index is 1.02. The number of aromatic nitrogens is 2. The van der Waals surface area contributed by atoms with E-state index >= 15 is 0 Å². The highest BCUT2D eigenvalue weighted by atomic mass is 14.9. The van der Waals surface area contributed by atoms with E-state index in [2.05, 4.69) is 60.9 Å². The van der Waals surface area contributed by atoms with Gasteiger partial charge in [-0.25, -0.2) is 0 Å². The molecule has 192 valence electrons. The third kappa shape index (κ3) is 5.03. The summed E-state index contributed by atoms with van der Waals surface area (Å²) in [4.78, 5) is 10.0. The first-order valence-electron chi connectivity index (χ1n) is 14.5. The van der Waals surface area contributed by atoms with Crippen molar-refractivity contribution in [2.75, 3.05) is 23.7 Å². The van der Waals surface area contributed by atoms with Gasteiger partial charge < -0.3 is 10.6 Å². The molecule has 0 fully saturated rings. The Bertz CT molecular complexity index is 1330. The van der Waals surface area contributed by atoms with Crippen LogP contribution >= 0.6 is 0 Å². The molecular formula is C33H40N4. The van der Waals surface area contributed by atoms with Crippen molar-refractivity contribution in [2.24, 2.45) is 0 Å². The molecule has 0 radical (unpaired) electrons. The summed E-state index contributed by atoms with van der Waals surface area (Å²) in [6.07, 6.45) is 13.2. The molecule has 4 aromatic rings. The minimum Gasteiger partial charge on any atom is -0.384 e. The summed E-state index contributed by atoms with van der Waals surface area (Å²) in [6.45, 7) is 6.40. The Labute approximate surface area is 221 Å². The normalized spacial score (nSPS) is 15.0. The van der Waals surface area contributed by atoms with Crippen LogP contribution in [0.25, 0.3) is 21.8 Å². The van der Waals surface area contributed by atoms with E-state index in [1.807, 2.05) is 0 Å². The Hall–Kier alpha value is -3.14. The second-order valence-electron chi connectivity index (χ2n) is 11.2. The first-order chi connectivity index (χ1) is 18.2. The van der Waals surface area contributed by atoms with E-state index in [0.717, 1.165) is 49.8 Å². The Morgan fingerprint density at radius 3 is 1.54 bits per heavy atom. The van der Waals surface area contributed by atoms with Crippen LogP contribution in [-0.4, -0.2) is 23.1 Å². The molecule has 0 bridgehead atoms. The first-order valence-corrected chi connectivity index (χ1v) is 14.5. The number of anilines is 2. The van der Waals surface area contributed by atoms with Crippen molar-refractivity contribution in [2.45, 2.75) is 84.5 Å². The van der Waals surface area contributed by atoms with Crippen LogP contribution in [-0.2, 0) is 25.7 Å². The molecule has 0 unspecified atom stereocenters. The molecule has 0 atom stereocenters. The zero-order valence-electron chi connectivity index (χ0n) is 22.6. The van der Waals surface area contributed by atoms with E-state index in [4.69, 9.17) is 9.97 Å². The van der Waals surface area contributed by atoms with Gasteiger partial charge in [-0.15, -0.1) is 0 Å². The van der Waals surface area contributed by atoms with Crippen LogP contribution in [0.3, 0.4) is 0 Å². The second-order valence-corrected chi connectivity index (χ2v) is 11.2. The lowest BCUT2D eigenvalue weighted by atomic mass is 9.92. The third-order valence-corrected chi connectivity index (χ3v) is 8.29. The molecule has 4 nitrogen and oxygen atoms in total. The van der Waals surface area contributed by atoms with Gasteiger partial charge in [-0.3, -0.25) is 9.97 Å². The smallest absolute Gasteiger partial charge is 0.0726 e. The quantitative estimate of drug-likeness (QED) is 0.246. The van der Waals surface area contributed by atoms with Crippen LogP contribution in [0.4, 0.5) is 11.4 Å². The molecule has 6 rings (SSSR count). The lowest BCUT2D eigenvalue weighted by Gasteiger charge is -2.22. The predicted molar refractivity (Wildman–Crippen MR) is 157 cm³/mol. The van der Waals surface area contributed by atoms with Crippen molar-refractivity contribution < 1.29 is 0 Å². The summed E-state index contributed by atoms with van der Waals surface area (Å²) in [7, 11) is 0. The molecule has 2 N–H and O–H groups in total. The summed E-state index contributed by atoms with van der Waals surface area (Å²) in [6, 6.07) is 13.4. The van der Waals surface area contributed by atoms with Gasteiger partial charge in [0.2, 0.25) is 0 Å². The van der Waals surface area contributed by atoms with E-state index in [9.17, 15) is 0 Å². The summed E-state index contributed by atoms with van der Waals surface area (Å²) >= 11 is 0. The SMILES string of the molecule is Cc1ccc2nc3c(c(NCCCCCNc4c5c(nc6ccc(C)cc46)CCCC5)c2c1)CCCC3. The number of nitrogens with one attached hydrogen (secondary N) is 2. The lowest BCUT2D eigenvalue weighted by Crippen LogP contribution is -2.13. The Morgan fingerprint density at radius 2 is 1.05 bits per heavy atom. The van der Waals surface area contributed by atoms with Crippen LogP contribution in [0, 0.1) is 13.8 Å². The maximum Gasteiger partial charge on any atom is 0.0726 e. The molecule has 0 spiro atoms. The van der Waals surface area contributed by atoms with Gasteiger partial charge in [-0.1, -0.05) is 23.3 Å². The number of hydrogen-bond acceptors (Lipinski definition) is 4. The second kappa shape index (κ2) is 10.7. The molecular weight excluding hydrogens is 452 g/mol. The first kappa shape index (κ1) is 24.2. The van der Waals surface area contributed by atoms with E-state index in [-0.39, 0.29) is 0 Å². The number of rotatable bonds is 8. The van der Waals surface area contributed by atoms with Gasteiger partial charge in [0.15, 0.2) is 0 Å². The zero-order valence-corrected chi connectivity index (χ0v) is 22.6. The van der Waals surface area contributed by atoms with E-state index in [1.54, 1.807) is 0 Å². The summed E-state index contributed by atoms with van der Waals surface area (Å²) < 4.78 is 0.